The molecular formula is C16H26N2O. The second-order valence-electron chi connectivity index (χ2n) is 5.49. The maximum absolute atomic E-state index is 11.9. The van der Waals surface area contributed by atoms with Crippen LogP contribution in [0.1, 0.15) is 51.6 Å². The third-order valence-corrected chi connectivity index (χ3v) is 3.83. The quantitative estimate of drug-likeness (QED) is 0.814. The molecule has 0 saturated carbocycles. The lowest BCUT2D eigenvalue weighted by Gasteiger charge is -2.28. The minimum atomic E-state index is 0.167. The van der Waals surface area contributed by atoms with Crippen LogP contribution in [0.4, 0.5) is 5.82 Å². The van der Waals surface area contributed by atoms with Crippen molar-refractivity contribution in [3.05, 3.63) is 28.0 Å². The van der Waals surface area contributed by atoms with Crippen molar-refractivity contribution in [2.24, 2.45) is 0 Å². The number of anilines is 1. The van der Waals surface area contributed by atoms with Crippen LogP contribution in [-0.4, -0.2) is 17.7 Å². The number of nitrogens with zero attached hydrogens (tertiary/aromatic N) is 2. The fraction of sp³-hybridized carbons (Fsp3) is 0.688. The molecule has 0 bridgehead atoms. The van der Waals surface area contributed by atoms with Gasteiger partial charge in [0.2, 0.25) is 0 Å². The molecule has 0 fully saturated rings. The van der Waals surface area contributed by atoms with Gasteiger partial charge in [-0.2, -0.15) is 0 Å². The average Bonchev–Trinajstić information content (AvgIpc) is 2.62. The van der Waals surface area contributed by atoms with Gasteiger partial charge in [-0.15, -0.1) is 0 Å². The van der Waals surface area contributed by atoms with Gasteiger partial charge >= 0.3 is 0 Å². The highest BCUT2D eigenvalue weighted by atomic mass is 16.1. The van der Waals surface area contributed by atoms with Gasteiger partial charge in [0.25, 0.3) is 0 Å². The van der Waals surface area contributed by atoms with Gasteiger partial charge in [-0.05, 0) is 32.1 Å². The van der Waals surface area contributed by atoms with Gasteiger partial charge < -0.3 is 9.47 Å². The van der Waals surface area contributed by atoms with Gasteiger partial charge in [0, 0.05) is 37.5 Å². The minimum absolute atomic E-state index is 0.167. The molecule has 0 saturated heterocycles. The van der Waals surface area contributed by atoms with Crippen LogP contribution >= 0.6 is 0 Å². The van der Waals surface area contributed by atoms with Crippen molar-refractivity contribution >= 4 is 5.82 Å². The van der Waals surface area contributed by atoms with E-state index in [4.69, 9.17) is 0 Å². The molecule has 0 aliphatic carbocycles. The number of hydrogen-bond acceptors (Lipinski definition) is 2. The molecular weight excluding hydrogens is 236 g/mol. The van der Waals surface area contributed by atoms with Crippen LogP contribution in [0.25, 0.3) is 0 Å². The van der Waals surface area contributed by atoms with Crippen molar-refractivity contribution in [3.8, 4) is 0 Å². The van der Waals surface area contributed by atoms with Crippen LogP contribution in [-0.2, 0) is 13.0 Å². The first kappa shape index (κ1) is 14.2. The molecule has 0 aromatic carbocycles. The van der Waals surface area contributed by atoms with Crippen molar-refractivity contribution in [1.29, 1.82) is 0 Å². The predicted octanol–water partition coefficient (Wildman–Crippen LogP) is 3.20. The summed E-state index contributed by atoms with van der Waals surface area (Å²) in [5, 5.41) is 0. The van der Waals surface area contributed by atoms with Crippen LogP contribution in [0.15, 0.2) is 16.9 Å². The lowest BCUT2D eigenvalue weighted by atomic mass is 10.2. The summed E-state index contributed by atoms with van der Waals surface area (Å²) >= 11 is 0. The summed E-state index contributed by atoms with van der Waals surface area (Å²) in [7, 11) is 0. The van der Waals surface area contributed by atoms with E-state index in [1.54, 1.807) is 0 Å². The number of rotatable bonds is 5. The molecule has 0 N–H and O–H groups in total. The Labute approximate surface area is 116 Å². The van der Waals surface area contributed by atoms with Crippen LogP contribution in [0.2, 0.25) is 0 Å². The first-order valence-corrected chi connectivity index (χ1v) is 7.75. The Morgan fingerprint density at radius 1 is 1.11 bits per heavy atom. The van der Waals surface area contributed by atoms with E-state index >= 15 is 0 Å². The molecule has 1 aromatic heterocycles. The van der Waals surface area contributed by atoms with Crippen LogP contribution in [0.3, 0.4) is 0 Å². The Kier molecular flexibility index (Phi) is 5.06. The van der Waals surface area contributed by atoms with Gasteiger partial charge in [-0.3, -0.25) is 4.79 Å². The summed E-state index contributed by atoms with van der Waals surface area (Å²) in [6.45, 7) is 7.54. The third kappa shape index (κ3) is 3.40. The van der Waals surface area contributed by atoms with Gasteiger partial charge in [-0.1, -0.05) is 20.3 Å². The fourth-order valence-corrected chi connectivity index (χ4v) is 3.00. The zero-order valence-electron chi connectivity index (χ0n) is 12.3. The molecule has 1 aliphatic heterocycles. The standard InChI is InChI=1S/C16H26N2O/c1-3-9-17(10-4-2)16-13-15(19)12-14-8-6-5-7-11-18(14)16/h12-13H,3-11H2,1-2H3. The van der Waals surface area contributed by atoms with Gasteiger partial charge in [0.15, 0.2) is 5.43 Å². The van der Waals surface area contributed by atoms with Crippen molar-refractivity contribution in [3.63, 3.8) is 0 Å². The molecule has 3 nitrogen and oxygen atoms in total. The number of fused-ring (bicyclic) bond motifs is 1. The summed E-state index contributed by atoms with van der Waals surface area (Å²) in [6.07, 6.45) is 7.02. The highest BCUT2D eigenvalue weighted by Crippen LogP contribution is 2.21. The Morgan fingerprint density at radius 2 is 1.84 bits per heavy atom. The molecule has 0 atom stereocenters. The molecule has 0 radical (unpaired) electrons. The Balaban J connectivity index is 2.42. The van der Waals surface area contributed by atoms with E-state index in [9.17, 15) is 4.79 Å². The van der Waals surface area contributed by atoms with Crippen LogP contribution in [0, 0.1) is 0 Å². The van der Waals surface area contributed by atoms with Gasteiger partial charge in [0.1, 0.15) is 5.82 Å². The Morgan fingerprint density at radius 3 is 2.53 bits per heavy atom. The normalized spacial score (nSPS) is 14.8. The largest absolute Gasteiger partial charge is 0.358 e. The topological polar surface area (TPSA) is 25.2 Å². The van der Waals surface area contributed by atoms with E-state index in [0.717, 1.165) is 44.7 Å². The molecule has 106 valence electrons. The second kappa shape index (κ2) is 6.78. The molecule has 1 aromatic rings. The summed E-state index contributed by atoms with van der Waals surface area (Å²) in [4.78, 5) is 14.3. The number of hydrogen-bond donors (Lipinski definition) is 0. The van der Waals surface area contributed by atoms with Crippen molar-refractivity contribution in [1.82, 2.24) is 4.57 Å². The minimum Gasteiger partial charge on any atom is -0.358 e. The average molecular weight is 262 g/mol. The number of aromatic nitrogens is 1. The SMILES string of the molecule is CCCN(CCC)c1cc(=O)cc2n1CCCCC2. The van der Waals surface area contributed by atoms with E-state index in [0.29, 0.717) is 0 Å². The molecule has 1 aliphatic rings. The molecule has 0 unspecified atom stereocenters. The van der Waals surface area contributed by atoms with E-state index in [1.165, 1.54) is 25.0 Å². The zero-order valence-corrected chi connectivity index (χ0v) is 12.3. The smallest absolute Gasteiger partial charge is 0.183 e. The molecule has 3 heteroatoms. The molecule has 2 heterocycles. The lowest BCUT2D eigenvalue weighted by molar-refractivity contribution is 0.610. The second-order valence-corrected chi connectivity index (χ2v) is 5.49. The summed E-state index contributed by atoms with van der Waals surface area (Å²) in [5.74, 6) is 1.15. The monoisotopic (exact) mass is 262 g/mol. The molecule has 19 heavy (non-hydrogen) atoms. The van der Waals surface area contributed by atoms with Gasteiger partial charge in [0.05, 0.1) is 0 Å². The maximum atomic E-state index is 11.9. The third-order valence-electron chi connectivity index (χ3n) is 3.83. The first-order valence-electron chi connectivity index (χ1n) is 7.75. The van der Waals surface area contributed by atoms with E-state index in [2.05, 4.69) is 23.3 Å². The molecule has 0 amide bonds. The van der Waals surface area contributed by atoms with Crippen LogP contribution in [0.5, 0.6) is 0 Å². The van der Waals surface area contributed by atoms with Crippen molar-refractivity contribution in [2.45, 2.75) is 58.9 Å². The number of pyridine rings is 1. The summed E-state index contributed by atoms with van der Waals surface area (Å²) in [6, 6.07) is 3.67. The molecule has 2 rings (SSSR count). The fourth-order valence-electron chi connectivity index (χ4n) is 3.00. The predicted molar refractivity (Wildman–Crippen MR) is 81.1 cm³/mol. The van der Waals surface area contributed by atoms with Gasteiger partial charge in [-0.25, -0.2) is 0 Å². The van der Waals surface area contributed by atoms with E-state index < -0.39 is 0 Å². The highest BCUT2D eigenvalue weighted by molar-refractivity contribution is 5.41. The molecule has 0 spiro atoms. The number of aryl methyl sites for hydroxylation is 1. The first-order chi connectivity index (χ1) is 9.26. The van der Waals surface area contributed by atoms with E-state index in [-0.39, 0.29) is 5.43 Å². The highest BCUT2D eigenvalue weighted by Gasteiger charge is 2.15. The summed E-state index contributed by atoms with van der Waals surface area (Å²) in [5.41, 5.74) is 1.40. The van der Waals surface area contributed by atoms with E-state index in [1.807, 2.05) is 12.1 Å². The Hall–Kier alpha value is -1.25. The Bertz CT molecular complexity index is 458. The zero-order chi connectivity index (χ0) is 13.7. The maximum Gasteiger partial charge on any atom is 0.183 e. The summed E-state index contributed by atoms with van der Waals surface area (Å²) < 4.78 is 2.39. The van der Waals surface area contributed by atoms with Crippen molar-refractivity contribution in [2.75, 3.05) is 18.0 Å². The van der Waals surface area contributed by atoms with Crippen LogP contribution < -0.4 is 10.3 Å². The lowest BCUT2D eigenvalue weighted by Crippen LogP contribution is -2.30. The van der Waals surface area contributed by atoms with Crippen molar-refractivity contribution < 1.29 is 0 Å².